The summed E-state index contributed by atoms with van der Waals surface area (Å²) in [6, 6.07) is 0.235. The molecule has 2 aliphatic rings. The van der Waals surface area contributed by atoms with Gasteiger partial charge in [-0.2, -0.15) is 4.98 Å². The third-order valence-electron chi connectivity index (χ3n) is 4.78. The van der Waals surface area contributed by atoms with Crippen LogP contribution in [0.25, 0.3) is 0 Å². The highest BCUT2D eigenvalue weighted by Gasteiger charge is 2.48. The lowest BCUT2D eigenvalue weighted by molar-refractivity contribution is 0.278. The van der Waals surface area contributed by atoms with Crippen LogP contribution in [0.4, 0.5) is 0 Å². The number of rotatable bonds is 3. The molecular weight excluding hydrogens is 214 g/mol. The Labute approximate surface area is 102 Å². The number of hydrogen-bond acceptors (Lipinski definition) is 4. The first-order valence-corrected chi connectivity index (χ1v) is 6.79. The van der Waals surface area contributed by atoms with Crippen LogP contribution in [0, 0.1) is 11.8 Å². The van der Waals surface area contributed by atoms with E-state index in [-0.39, 0.29) is 6.04 Å². The van der Waals surface area contributed by atoms with Crippen molar-refractivity contribution in [3.05, 3.63) is 11.7 Å². The molecule has 3 rings (SSSR count). The number of hydrogen-bond donors (Lipinski definition) is 1. The Kier molecular flexibility index (Phi) is 2.69. The molecule has 2 aliphatic carbocycles. The zero-order chi connectivity index (χ0) is 12.0. The fraction of sp³-hybridized carbons (Fsp3) is 0.846. The zero-order valence-electron chi connectivity index (χ0n) is 10.6. The first-order chi connectivity index (χ1) is 8.20. The fourth-order valence-corrected chi connectivity index (χ4v) is 3.47. The molecule has 0 saturated heterocycles. The molecule has 17 heavy (non-hydrogen) atoms. The molecule has 4 heteroatoms. The maximum atomic E-state index is 6.29. The molecule has 94 valence electrons. The lowest BCUT2D eigenvalue weighted by Crippen LogP contribution is -2.34. The van der Waals surface area contributed by atoms with Gasteiger partial charge in [-0.25, -0.2) is 0 Å². The SMILES string of the molecule is CCC(C)c1noc(C2C3CCC(C3)C2N)n1. The fourth-order valence-electron chi connectivity index (χ4n) is 3.47. The average Bonchev–Trinajstić information content (AvgIpc) is 3.01. The van der Waals surface area contributed by atoms with Gasteiger partial charge in [0.05, 0.1) is 5.92 Å². The van der Waals surface area contributed by atoms with E-state index in [1.807, 2.05) is 0 Å². The number of fused-ring (bicyclic) bond motifs is 2. The van der Waals surface area contributed by atoms with Gasteiger partial charge in [0.1, 0.15) is 0 Å². The summed E-state index contributed by atoms with van der Waals surface area (Å²) < 4.78 is 5.45. The van der Waals surface area contributed by atoms with E-state index in [1.165, 1.54) is 19.3 Å². The van der Waals surface area contributed by atoms with E-state index in [0.29, 0.717) is 23.7 Å². The highest BCUT2D eigenvalue weighted by Crippen LogP contribution is 2.51. The highest BCUT2D eigenvalue weighted by molar-refractivity contribution is 5.12. The van der Waals surface area contributed by atoms with Gasteiger partial charge >= 0.3 is 0 Å². The normalized spacial score (nSPS) is 37.6. The van der Waals surface area contributed by atoms with Crippen LogP contribution in [0.1, 0.15) is 63.1 Å². The quantitative estimate of drug-likeness (QED) is 0.873. The van der Waals surface area contributed by atoms with Crippen LogP contribution >= 0.6 is 0 Å². The van der Waals surface area contributed by atoms with Gasteiger partial charge in [-0.05, 0) is 37.5 Å². The van der Waals surface area contributed by atoms with Crippen molar-refractivity contribution in [1.82, 2.24) is 10.1 Å². The van der Waals surface area contributed by atoms with Crippen LogP contribution in [0.2, 0.25) is 0 Å². The Morgan fingerprint density at radius 3 is 2.82 bits per heavy atom. The van der Waals surface area contributed by atoms with Crippen molar-refractivity contribution in [2.24, 2.45) is 17.6 Å². The molecule has 0 radical (unpaired) electrons. The highest BCUT2D eigenvalue weighted by atomic mass is 16.5. The van der Waals surface area contributed by atoms with Gasteiger partial charge in [-0.3, -0.25) is 0 Å². The van der Waals surface area contributed by atoms with Crippen molar-refractivity contribution >= 4 is 0 Å². The minimum Gasteiger partial charge on any atom is -0.339 e. The molecule has 1 heterocycles. The zero-order valence-corrected chi connectivity index (χ0v) is 10.6. The molecule has 0 amide bonds. The molecule has 5 atom stereocenters. The van der Waals surface area contributed by atoms with E-state index in [9.17, 15) is 0 Å². The summed E-state index contributed by atoms with van der Waals surface area (Å²) in [6.07, 6.45) is 4.87. The van der Waals surface area contributed by atoms with E-state index in [0.717, 1.165) is 18.1 Å². The smallest absolute Gasteiger partial charge is 0.231 e. The van der Waals surface area contributed by atoms with Crippen molar-refractivity contribution in [3.8, 4) is 0 Å². The standard InChI is InChI=1S/C13H21N3O/c1-3-7(2)12-15-13(17-16-12)10-8-4-5-9(6-8)11(10)14/h7-11H,3-6,14H2,1-2H3. The summed E-state index contributed by atoms with van der Waals surface area (Å²) >= 11 is 0. The van der Waals surface area contributed by atoms with E-state index >= 15 is 0 Å². The maximum Gasteiger partial charge on any atom is 0.231 e. The van der Waals surface area contributed by atoms with E-state index in [2.05, 4.69) is 24.0 Å². The average molecular weight is 235 g/mol. The van der Waals surface area contributed by atoms with Gasteiger partial charge < -0.3 is 10.3 Å². The molecule has 0 aliphatic heterocycles. The van der Waals surface area contributed by atoms with Crippen molar-refractivity contribution in [2.75, 3.05) is 0 Å². The van der Waals surface area contributed by atoms with Crippen LogP contribution < -0.4 is 5.73 Å². The molecule has 0 aromatic carbocycles. The molecule has 4 nitrogen and oxygen atoms in total. The summed E-state index contributed by atoms with van der Waals surface area (Å²) in [5.41, 5.74) is 6.29. The summed E-state index contributed by atoms with van der Waals surface area (Å²) in [4.78, 5) is 4.57. The molecule has 0 spiro atoms. The van der Waals surface area contributed by atoms with Gasteiger partial charge in [0, 0.05) is 12.0 Å². The third kappa shape index (κ3) is 1.69. The molecule has 2 bridgehead atoms. The minimum absolute atomic E-state index is 0.235. The Hall–Kier alpha value is -0.900. The second kappa shape index (κ2) is 4.09. The van der Waals surface area contributed by atoms with Crippen molar-refractivity contribution in [1.29, 1.82) is 0 Å². The summed E-state index contributed by atoms with van der Waals surface area (Å²) in [5.74, 6) is 3.70. The van der Waals surface area contributed by atoms with E-state index in [4.69, 9.17) is 10.3 Å². The molecule has 2 saturated carbocycles. The lowest BCUT2D eigenvalue weighted by atomic mass is 9.85. The monoisotopic (exact) mass is 235 g/mol. The topological polar surface area (TPSA) is 64.9 Å². The van der Waals surface area contributed by atoms with E-state index < -0.39 is 0 Å². The number of nitrogens with two attached hydrogens (primary N) is 1. The Bertz CT molecular complexity index is 401. The molecular formula is C13H21N3O. The van der Waals surface area contributed by atoms with E-state index in [1.54, 1.807) is 0 Å². The molecule has 5 unspecified atom stereocenters. The van der Waals surface area contributed by atoms with Crippen LogP contribution in [-0.2, 0) is 0 Å². The molecule has 1 aromatic rings. The van der Waals surface area contributed by atoms with Crippen LogP contribution in [0.5, 0.6) is 0 Å². The predicted molar refractivity (Wildman–Crippen MR) is 64.6 cm³/mol. The second-order valence-electron chi connectivity index (χ2n) is 5.74. The number of aromatic nitrogens is 2. The molecule has 2 N–H and O–H groups in total. The van der Waals surface area contributed by atoms with Crippen molar-refractivity contribution in [2.45, 2.75) is 57.4 Å². The maximum absolute atomic E-state index is 6.29. The van der Waals surface area contributed by atoms with Gasteiger partial charge in [0.2, 0.25) is 5.89 Å². The van der Waals surface area contributed by atoms with Gasteiger partial charge in [0.25, 0.3) is 0 Å². The lowest BCUT2D eigenvalue weighted by Gasteiger charge is -2.24. The van der Waals surface area contributed by atoms with Crippen molar-refractivity contribution < 1.29 is 4.52 Å². The van der Waals surface area contributed by atoms with Crippen LogP contribution in [0.3, 0.4) is 0 Å². The third-order valence-corrected chi connectivity index (χ3v) is 4.78. The first kappa shape index (κ1) is 11.2. The molecule has 2 fully saturated rings. The van der Waals surface area contributed by atoms with Crippen LogP contribution in [0.15, 0.2) is 4.52 Å². The van der Waals surface area contributed by atoms with Gasteiger partial charge in [-0.1, -0.05) is 19.0 Å². The first-order valence-electron chi connectivity index (χ1n) is 6.79. The summed E-state index contributed by atoms with van der Waals surface area (Å²) in [7, 11) is 0. The summed E-state index contributed by atoms with van der Waals surface area (Å²) in [6.45, 7) is 4.28. The minimum atomic E-state index is 0.235. The number of nitrogens with zero attached hydrogens (tertiary/aromatic N) is 2. The van der Waals surface area contributed by atoms with Gasteiger partial charge in [0.15, 0.2) is 5.82 Å². The Morgan fingerprint density at radius 1 is 1.41 bits per heavy atom. The second-order valence-corrected chi connectivity index (χ2v) is 5.74. The van der Waals surface area contributed by atoms with Crippen molar-refractivity contribution in [3.63, 3.8) is 0 Å². The molecule has 1 aromatic heterocycles. The predicted octanol–water partition coefficient (Wildman–Crippen LogP) is 2.42. The Balaban J connectivity index is 1.82. The largest absolute Gasteiger partial charge is 0.339 e. The van der Waals surface area contributed by atoms with Gasteiger partial charge in [-0.15, -0.1) is 0 Å². The Morgan fingerprint density at radius 2 is 2.18 bits per heavy atom. The van der Waals surface area contributed by atoms with Crippen LogP contribution in [-0.4, -0.2) is 16.2 Å². The summed E-state index contributed by atoms with van der Waals surface area (Å²) in [5, 5.41) is 4.11.